The first-order chi connectivity index (χ1) is 20.6. The molecule has 1 aliphatic heterocycles. The number of aliphatic imine (C=N–C) groups is 1. The molecule has 2 amide bonds. The minimum atomic E-state index is -4.08. The molecule has 1 saturated carbocycles. The summed E-state index contributed by atoms with van der Waals surface area (Å²) >= 11 is 0. The van der Waals surface area contributed by atoms with Gasteiger partial charge in [0.05, 0.1) is 17.1 Å². The monoisotopic (exact) mass is 605 g/mol. The van der Waals surface area contributed by atoms with Gasteiger partial charge in [0, 0.05) is 35.2 Å². The lowest BCUT2D eigenvalue weighted by atomic mass is 9.97. The Morgan fingerprint density at radius 3 is 2.49 bits per heavy atom. The molecule has 0 bridgehead atoms. The lowest BCUT2D eigenvalue weighted by Crippen LogP contribution is -2.40. The molecule has 5 rings (SSSR count). The highest BCUT2D eigenvalue weighted by Crippen LogP contribution is 2.41. The molecule has 2 aromatic carbocycles. The maximum Gasteiger partial charge on any atom is 0.264 e. The number of aryl methyl sites for hydroxylation is 1. The molecular formula is C32H39N5O5S. The normalized spacial score (nSPS) is 16.1. The van der Waals surface area contributed by atoms with Gasteiger partial charge < -0.3 is 9.84 Å². The van der Waals surface area contributed by atoms with Crippen molar-refractivity contribution in [2.75, 3.05) is 10.0 Å². The minimum Gasteiger partial charge on any atom is -0.337 e. The van der Waals surface area contributed by atoms with Crippen molar-refractivity contribution in [3.05, 3.63) is 59.3 Å². The Hall–Kier alpha value is -3.99. The van der Waals surface area contributed by atoms with Crippen molar-refractivity contribution in [2.24, 2.45) is 4.99 Å². The molecule has 0 unspecified atom stereocenters. The predicted octanol–water partition coefficient (Wildman–Crippen LogP) is 6.35. The van der Waals surface area contributed by atoms with Gasteiger partial charge in [0.1, 0.15) is 11.4 Å². The topological polar surface area (TPSA) is 134 Å². The molecule has 1 aliphatic carbocycles. The van der Waals surface area contributed by atoms with Gasteiger partial charge in [-0.15, -0.1) is 0 Å². The molecule has 0 saturated heterocycles. The summed E-state index contributed by atoms with van der Waals surface area (Å²) in [5, 5.41) is 6.80. The molecule has 2 aliphatic rings. The number of amides is 2. The van der Waals surface area contributed by atoms with E-state index in [0.29, 0.717) is 34.6 Å². The number of rotatable bonds is 11. The van der Waals surface area contributed by atoms with Crippen LogP contribution < -0.4 is 10.0 Å². The molecule has 0 radical (unpaired) electrons. The van der Waals surface area contributed by atoms with Crippen LogP contribution in [0.3, 0.4) is 0 Å². The molecule has 228 valence electrons. The van der Waals surface area contributed by atoms with Gasteiger partial charge >= 0.3 is 0 Å². The number of carbonyl (C=O) groups is 2. The fraction of sp³-hybridized carbons (Fsp3) is 0.438. The summed E-state index contributed by atoms with van der Waals surface area (Å²) in [6, 6.07) is 12.1. The molecule has 1 fully saturated rings. The number of hydrogen-bond acceptors (Lipinski definition) is 7. The molecular weight excluding hydrogens is 566 g/mol. The standard InChI is InChI=1S/C32H39N5O5S/c1-5-7-14-28-34-32(17-10-11-18-32)31(39)37(28)20-23-15-16-24(26(19-23)33-29(38)6-2)25-12-8-9-13-27(25)43(40,41)36-30-21(3)22(4)35-42-30/h8-9,12-13,15-16,19,36H,5-7,10-11,14,17-18,20H2,1-4H3,(H,33,38). The fourth-order valence-corrected chi connectivity index (χ4v) is 7.03. The Bertz CT molecular complexity index is 1670. The van der Waals surface area contributed by atoms with E-state index in [1.807, 2.05) is 17.0 Å². The molecule has 1 spiro atoms. The fourth-order valence-electron chi connectivity index (χ4n) is 5.76. The Morgan fingerprint density at radius 1 is 1.07 bits per heavy atom. The predicted molar refractivity (Wildman–Crippen MR) is 166 cm³/mol. The lowest BCUT2D eigenvalue weighted by Gasteiger charge is -2.23. The van der Waals surface area contributed by atoms with Gasteiger partial charge in [0.15, 0.2) is 0 Å². The summed E-state index contributed by atoms with van der Waals surface area (Å²) in [7, 11) is -4.08. The van der Waals surface area contributed by atoms with Crippen LogP contribution in [0.4, 0.5) is 11.6 Å². The molecule has 2 heterocycles. The van der Waals surface area contributed by atoms with Crippen molar-refractivity contribution >= 4 is 39.2 Å². The average Bonchev–Trinajstić information content (AvgIpc) is 3.67. The zero-order chi connectivity index (χ0) is 30.8. The summed E-state index contributed by atoms with van der Waals surface area (Å²) in [6.45, 7) is 7.66. The lowest BCUT2D eigenvalue weighted by molar-refractivity contribution is -0.131. The summed E-state index contributed by atoms with van der Waals surface area (Å²) in [5.41, 5.74) is 2.78. The maximum absolute atomic E-state index is 13.7. The number of hydrogen-bond donors (Lipinski definition) is 2. The van der Waals surface area contributed by atoms with E-state index in [-0.39, 0.29) is 29.0 Å². The van der Waals surface area contributed by atoms with Gasteiger partial charge in [-0.05, 0) is 50.8 Å². The van der Waals surface area contributed by atoms with Crippen LogP contribution in [0, 0.1) is 13.8 Å². The molecule has 0 atom stereocenters. The maximum atomic E-state index is 13.7. The Kier molecular flexibility index (Phi) is 8.73. The number of carbonyl (C=O) groups excluding carboxylic acids is 2. The van der Waals surface area contributed by atoms with Crippen LogP contribution in [-0.4, -0.2) is 41.7 Å². The van der Waals surface area contributed by atoms with Crippen LogP contribution in [-0.2, 0) is 26.2 Å². The summed E-state index contributed by atoms with van der Waals surface area (Å²) in [5.74, 6) is 0.729. The number of nitrogens with zero attached hydrogens (tertiary/aromatic N) is 3. The number of amidine groups is 1. The molecule has 1 aromatic heterocycles. The number of anilines is 2. The Balaban J connectivity index is 1.51. The van der Waals surface area contributed by atoms with Crippen LogP contribution in [0.25, 0.3) is 11.1 Å². The smallest absolute Gasteiger partial charge is 0.264 e. The van der Waals surface area contributed by atoms with E-state index in [9.17, 15) is 18.0 Å². The second-order valence-electron chi connectivity index (χ2n) is 11.4. The van der Waals surface area contributed by atoms with E-state index < -0.39 is 15.6 Å². The van der Waals surface area contributed by atoms with E-state index in [1.54, 1.807) is 45.0 Å². The molecule has 43 heavy (non-hydrogen) atoms. The molecule has 10 nitrogen and oxygen atoms in total. The Labute approximate surface area is 253 Å². The van der Waals surface area contributed by atoms with E-state index in [4.69, 9.17) is 9.52 Å². The van der Waals surface area contributed by atoms with E-state index in [2.05, 4.69) is 22.1 Å². The number of sulfonamides is 1. The molecule has 3 aromatic rings. The second-order valence-corrected chi connectivity index (χ2v) is 13.0. The van der Waals surface area contributed by atoms with Crippen molar-refractivity contribution in [1.82, 2.24) is 10.1 Å². The summed E-state index contributed by atoms with van der Waals surface area (Å²) in [6.07, 6.45) is 6.49. The molecule has 11 heteroatoms. The third-order valence-electron chi connectivity index (χ3n) is 8.35. The second kappa shape index (κ2) is 12.3. The van der Waals surface area contributed by atoms with Crippen LogP contribution in [0.1, 0.15) is 82.0 Å². The SMILES string of the molecule is CCCCC1=NC2(CCCC2)C(=O)N1Cc1ccc(-c2ccccc2S(=O)(=O)Nc2onc(C)c2C)c(NC(=O)CC)c1. The summed E-state index contributed by atoms with van der Waals surface area (Å²) in [4.78, 5) is 33.1. The highest BCUT2D eigenvalue weighted by atomic mass is 32.2. The van der Waals surface area contributed by atoms with Crippen molar-refractivity contribution in [3.8, 4) is 11.1 Å². The molecule has 2 N–H and O–H groups in total. The number of benzene rings is 2. The third kappa shape index (κ3) is 6.08. The van der Waals surface area contributed by atoms with E-state index in [1.165, 1.54) is 6.07 Å². The average molecular weight is 606 g/mol. The third-order valence-corrected chi connectivity index (χ3v) is 9.74. The summed E-state index contributed by atoms with van der Waals surface area (Å²) < 4.78 is 34.9. The Morgan fingerprint density at radius 2 is 1.81 bits per heavy atom. The van der Waals surface area contributed by atoms with Crippen molar-refractivity contribution in [1.29, 1.82) is 0 Å². The van der Waals surface area contributed by atoms with E-state index >= 15 is 0 Å². The van der Waals surface area contributed by atoms with Crippen LogP contribution in [0.2, 0.25) is 0 Å². The van der Waals surface area contributed by atoms with Crippen molar-refractivity contribution in [2.45, 2.75) is 96.0 Å². The largest absolute Gasteiger partial charge is 0.337 e. The van der Waals surface area contributed by atoms with E-state index in [0.717, 1.165) is 56.3 Å². The van der Waals surface area contributed by atoms with Crippen LogP contribution in [0.15, 0.2) is 56.9 Å². The van der Waals surface area contributed by atoms with Crippen molar-refractivity contribution < 1.29 is 22.5 Å². The zero-order valence-electron chi connectivity index (χ0n) is 25.2. The van der Waals surface area contributed by atoms with Gasteiger partial charge in [-0.25, -0.2) is 13.1 Å². The first-order valence-electron chi connectivity index (χ1n) is 15.0. The first-order valence-corrected chi connectivity index (χ1v) is 16.5. The number of nitrogens with one attached hydrogen (secondary N) is 2. The highest BCUT2D eigenvalue weighted by molar-refractivity contribution is 7.92. The number of aromatic nitrogens is 1. The first kappa shape index (κ1) is 30.5. The van der Waals surface area contributed by atoms with Gasteiger partial charge in [-0.3, -0.25) is 19.5 Å². The minimum absolute atomic E-state index is 0.0232. The van der Waals surface area contributed by atoms with Gasteiger partial charge in [0.2, 0.25) is 11.8 Å². The van der Waals surface area contributed by atoms with Gasteiger partial charge in [-0.2, -0.15) is 0 Å². The van der Waals surface area contributed by atoms with Crippen LogP contribution >= 0.6 is 0 Å². The zero-order valence-corrected chi connectivity index (χ0v) is 26.0. The highest BCUT2D eigenvalue weighted by Gasteiger charge is 2.49. The quantitative estimate of drug-likeness (QED) is 0.262. The number of unbranched alkanes of at least 4 members (excludes halogenated alkanes) is 1. The van der Waals surface area contributed by atoms with Gasteiger partial charge in [0.25, 0.3) is 15.9 Å². The van der Waals surface area contributed by atoms with Gasteiger partial charge in [-0.1, -0.05) is 68.6 Å². The van der Waals surface area contributed by atoms with Crippen LogP contribution in [0.5, 0.6) is 0 Å². The van der Waals surface area contributed by atoms with Crippen molar-refractivity contribution in [3.63, 3.8) is 0 Å².